The first-order chi connectivity index (χ1) is 10.3. The minimum atomic E-state index is -0.851. The van der Waals surface area contributed by atoms with Crippen molar-refractivity contribution < 1.29 is 4.21 Å². The Bertz CT molecular complexity index is 478. The van der Waals surface area contributed by atoms with Crippen LogP contribution in [0.2, 0.25) is 0 Å². The second-order valence-electron chi connectivity index (χ2n) is 6.15. The molecule has 0 spiro atoms. The molecule has 1 rings (SSSR count). The quantitative estimate of drug-likeness (QED) is 0.611. The molecular formula is C16H29N3OS2. The van der Waals surface area contributed by atoms with Gasteiger partial charge in [-0.05, 0) is 45.6 Å². The summed E-state index contributed by atoms with van der Waals surface area (Å²) in [5.41, 5.74) is 0. The van der Waals surface area contributed by atoms with Crippen LogP contribution in [0.25, 0.3) is 0 Å². The van der Waals surface area contributed by atoms with E-state index in [1.807, 2.05) is 20.8 Å². The minimum absolute atomic E-state index is 0.168. The van der Waals surface area contributed by atoms with E-state index in [4.69, 9.17) is 0 Å². The summed E-state index contributed by atoms with van der Waals surface area (Å²) in [6, 6.07) is 4.25. The van der Waals surface area contributed by atoms with Crippen LogP contribution in [0.1, 0.15) is 32.6 Å². The molecule has 1 unspecified atom stereocenters. The Labute approximate surface area is 141 Å². The third-order valence-electron chi connectivity index (χ3n) is 3.19. The first kappa shape index (κ1) is 19.2. The molecule has 0 aliphatic rings. The van der Waals surface area contributed by atoms with Crippen LogP contribution in [0.3, 0.4) is 0 Å². The Kier molecular flexibility index (Phi) is 8.10. The van der Waals surface area contributed by atoms with Gasteiger partial charge in [-0.15, -0.1) is 11.3 Å². The normalized spacial score (nSPS) is 14.0. The predicted octanol–water partition coefficient (Wildman–Crippen LogP) is 2.74. The number of thiophene rings is 1. The molecule has 4 nitrogen and oxygen atoms in total. The zero-order valence-electron chi connectivity index (χ0n) is 14.4. The average molecular weight is 344 g/mol. The van der Waals surface area contributed by atoms with Gasteiger partial charge in [0, 0.05) is 46.3 Å². The summed E-state index contributed by atoms with van der Waals surface area (Å²) < 4.78 is 11.9. The van der Waals surface area contributed by atoms with Gasteiger partial charge < -0.3 is 10.2 Å². The van der Waals surface area contributed by atoms with Gasteiger partial charge in [-0.3, -0.25) is 9.20 Å². The molecule has 1 N–H and O–H groups in total. The second kappa shape index (κ2) is 9.30. The average Bonchev–Trinajstić information content (AvgIpc) is 2.95. The fourth-order valence-corrected chi connectivity index (χ4v) is 3.42. The summed E-state index contributed by atoms with van der Waals surface area (Å²) in [6.07, 6.45) is 1.02. The first-order valence-corrected chi connectivity index (χ1v) is 9.94. The summed E-state index contributed by atoms with van der Waals surface area (Å²) in [6.45, 7) is 10.4. The number of nitrogens with one attached hydrogen (secondary N) is 1. The van der Waals surface area contributed by atoms with Crippen LogP contribution in [0.5, 0.6) is 0 Å². The molecule has 1 aromatic heterocycles. The van der Waals surface area contributed by atoms with Gasteiger partial charge in [0.15, 0.2) is 5.96 Å². The Morgan fingerprint density at radius 1 is 1.45 bits per heavy atom. The van der Waals surface area contributed by atoms with Crippen LogP contribution >= 0.6 is 11.3 Å². The number of guanidine groups is 1. The molecule has 0 bridgehead atoms. The largest absolute Gasteiger partial charge is 0.357 e. The van der Waals surface area contributed by atoms with Gasteiger partial charge in [0.25, 0.3) is 0 Å². The lowest BCUT2D eigenvalue weighted by Crippen LogP contribution is -2.40. The van der Waals surface area contributed by atoms with E-state index in [-0.39, 0.29) is 4.75 Å². The van der Waals surface area contributed by atoms with Crippen molar-refractivity contribution in [1.29, 1.82) is 0 Å². The van der Waals surface area contributed by atoms with Crippen LogP contribution in [0, 0.1) is 0 Å². The van der Waals surface area contributed by atoms with E-state index in [0.717, 1.165) is 25.5 Å². The summed E-state index contributed by atoms with van der Waals surface area (Å²) in [7, 11) is 1.20. The summed E-state index contributed by atoms with van der Waals surface area (Å²) in [5, 5.41) is 5.41. The van der Waals surface area contributed by atoms with Crippen molar-refractivity contribution in [3.8, 4) is 0 Å². The van der Waals surface area contributed by atoms with E-state index in [1.54, 1.807) is 11.3 Å². The Morgan fingerprint density at radius 3 is 2.73 bits per heavy atom. The van der Waals surface area contributed by atoms with Crippen molar-refractivity contribution in [2.45, 2.75) is 38.9 Å². The highest BCUT2D eigenvalue weighted by Gasteiger charge is 2.18. The van der Waals surface area contributed by atoms with Gasteiger partial charge in [-0.1, -0.05) is 6.07 Å². The highest BCUT2D eigenvalue weighted by atomic mass is 32.2. The third kappa shape index (κ3) is 6.92. The standard InChI is InChI=1S/C16H29N3OS2/c1-6-17-15(18-10-13-22(20)16(2,3)4)19(5)11-9-14-8-7-12-21-14/h7-8,12H,6,9-11,13H2,1-5H3,(H,17,18). The SMILES string of the molecule is CCNC(=NCCS(=O)C(C)(C)C)N(C)CCc1cccs1. The van der Waals surface area contributed by atoms with Gasteiger partial charge in [0.1, 0.15) is 0 Å². The van der Waals surface area contributed by atoms with E-state index in [0.29, 0.717) is 12.3 Å². The zero-order chi connectivity index (χ0) is 16.6. The molecule has 0 aliphatic carbocycles. The second-order valence-corrected chi connectivity index (χ2v) is 9.50. The predicted molar refractivity (Wildman–Crippen MR) is 99.4 cm³/mol. The smallest absolute Gasteiger partial charge is 0.193 e. The van der Waals surface area contributed by atoms with Crippen molar-refractivity contribution in [3.05, 3.63) is 22.4 Å². The topological polar surface area (TPSA) is 44.7 Å². The maximum Gasteiger partial charge on any atom is 0.193 e. The molecule has 0 aliphatic heterocycles. The zero-order valence-corrected chi connectivity index (χ0v) is 16.0. The number of rotatable bonds is 7. The monoisotopic (exact) mass is 343 g/mol. The first-order valence-electron chi connectivity index (χ1n) is 7.75. The van der Waals surface area contributed by atoms with Gasteiger partial charge in [0.05, 0.1) is 6.54 Å². The lowest BCUT2D eigenvalue weighted by molar-refractivity contribution is 0.487. The van der Waals surface area contributed by atoms with Crippen LogP contribution in [-0.4, -0.2) is 52.3 Å². The number of aliphatic imine (C=N–C) groups is 1. The van der Waals surface area contributed by atoms with Gasteiger partial charge in [-0.25, -0.2) is 0 Å². The molecule has 0 saturated carbocycles. The Hall–Kier alpha value is -0.880. The summed E-state index contributed by atoms with van der Waals surface area (Å²) in [5.74, 6) is 1.50. The van der Waals surface area contributed by atoms with E-state index >= 15 is 0 Å². The number of nitrogens with zero attached hydrogens (tertiary/aromatic N) is 2. The van der Waals surface area contributed by atoms with Crippen LogP contribution in [-0.2, 0) is 17.2 Å². The van der Waals surface area contributed by atoms with Crippen molar-refractivity contribution in [2.75, 3.05) is 32.4 Å². The fraction of sp³-hybridized carbons (Fsp3) is 0.688. The highest BCUT2D eigenvalue weighted by Crippen LogP contribution is 2.11. The van der Waals surface area contributed by atoms with Crippen LogP contribution < -0.4 is 5.32 Å². The van der Waals surface area contributed by atoms with Crippen molar-refractivity contribution in [1.82, 2.24) is 10.2 Å². The number of hydrogen-bond donors (Lipinski definition) is 1. The van der Waals surface area contributed by atoms with Gasteiger partial charge in [-0.2, -0.15) is 0 Å². The molecule has 0 saturated heterocycles. The van der Waals surface area contributed by atoms with Crippen molar-refractivity contribution in [2.24, 2.45) is 4.99 Å². The summed E-state index contributed by atoms with van der Waals surface area (Å²) >= 11 is 1.79. The van der Waals surface area contributed by atoms with Crippen LogP contribution in [0.4, 0.5) is 0 Å². The molecule has 126 valence electrons. The van der Waals surface area contributed by atoms with Crippen LogP contribution in [0.15, 0.2) is 22.5 Å². The number of likely N-dealkylation sites (N-methyl/N-ethyl adjacent to an activating group) is 1. The van der Waals surface area contributed by atoms with E-state index in [2.05, 4.69) is 46.7 Å². The Morgan fingerprint density at radius 2 is 2.18 bits per heavy atom. The molecule has 22 heavy (non-hydrogen) atoms. The molecule has 1 aromatic rings. The molecule has 6 heteroatoms. The lowest BCUT2D eigenvalue weighted by Gasteiger charge is -2.22. The van der Waals surface area contributed by atoms with Gasteiger partial charge in [0.2, 0.25) is 0 Å². The third-order valence-corrected chi connectivity index (χ3v) is 6.05. The molecule has 0 amide bonds. The minimum Gasteiger partial charge on any atom is -0.357 e. The lowest BCUT2D eigenvalue weighted by atomic mass is 10.3. The number of hydrogen-bond acceptors (Lipinski definition) is 3. The molecule has 0 radical (unpaired) electrons. The molecule has 0 fully saturated rings. The maximum atomic E-state index is 12.1. The highest BCUT2D eigenvalue weighted by molar-refractivity contribution is 7.86. The molecule has 0 aromatic carbocycles. The molecule has 1 heterocycles. The molecule has 1 atom stereocenters. The Balaban J connectivity index is 2.51. The van der Waals surface area contributed by atoms with E-state index in [1.165, 1.54) is 4.88 Å². The van der Waals surface area contributed by atoms with Crippen molar-refractivity contribution >= 4 is 28.1 Å². The molecular weight excluding hydrogens is 314 g/mol. The van der Waals surface area contributed by atoms with Crippen molar-refractivity contribution in [3.63, 3.8) is 0 Å². The van der Waals surface area contributed by atoms with E-state index < -0.39 is 10.8 Å². The van der Waals surface area contributed by atoms with E-state index in [9.17, 15) is 4.21 Å². The fourth-order valence-electron chi connectivity index (χ4n) is 1.85. The summed E-state index contributed by atoms with van der Waals surface area (Å²) in [4.78, 5) is 8.14. The van der Waals surface area contributed by atoms with Gasteiger partial charge >= 0.3 is 0 Å². The maximum absolute atomic E-state index is 12.1.